The maximum absolute atomic E-state index is 5.38. The third-order valence-electron chi connectivity index (χ3n) is 4.14. The number of hydrogen-bond donors (Lipinski definition) is 3. The van der Waals surface area contributed by atoms with E-state index in [4.69, 9.17) is 12.2 Å². The zero-order valence-corrected chi connectivity index (χ0v) is 15.1. The van der Waals surface area contributed by atoms with Crippen LogP contribution in [-0.2, 0) is 6.54 Å². The minimum Gasteiger partial charge on any atom is -0.363 e. The summed E-state index contributed by atoms with van der Waals surface area (Å²) in [5.74, 6) is 1.19. The number of thioether (sulfide) groups is 1. The van der Waals surface area contributed by atoms with E-state index in [0.29, 0.717) is 6.04 Å². The monoisotopic (exact) mass is 338 g/mol. The predicted octanol–water partition coefficient (Wildman–Crippen LogP) is 1.45. The van der Waals surface area contributed by atoms with Crippen molar-refractivity contribution in [3.05, 3.63) is 35.9 Å². The van der Waals surface area contributed by atoms with Crippen LogP contribution in [0.1, 0.15) is 24.8 Å². The molecule has 122 valence electrons. The Balaban J connectivity index is 1.61. The van der Waals surface area contributed by atoms with Crippen molar-refractivity contribution >= 4 is 29.1 Å². The van der Waals surface area contributed by atoms with Gasteiger partial charge in [0.25, 0.3) is 0 Å². The fraction of sp³-hybridized carbons (Fsp3) is 0.588. The Morgan fingerprint density at radius 2 is 2.00 bits per heavy atom. The lowest BCUT2D eigenvalue weighted by molar-refractivity contribution is -0.918. The minimum atomic E-state index is 0.542. The van der Waals surface area contributed by atoms with Gasteiger partial charge in [-0.05, 0) is 30.6 Å². The molecule has 0 spiro atoms. The van der Waals surface area contributed by atoms with Gasteiger partial charge < -0.3 is 15.5 Å². The Morgan fingerprint density at radius 3 is 2.68 bits per heavy atom. The third kappa shape index (κ3) is 6.55. The van der Waals surface area contributed by atoms with E-state index in [0.717, 1.165) is 18.2 Å². The summed E-state index contributed by atoms with van der Waals surface area (Å²) in [5.41, 5.74) is 1.44. The van der Waals surface area contributed by atoms with Crippen molar-refractivity contribution in [3.8, 4) is 0 Å². The van der Waals surface area contributed by atoms with Crippen molar-refractivity contribution in [1.29, 1.82) is 0 Å². The molecule has 0 aliphatic carbocycles. The van der Waals surface area contributed by atoms with Crippen LogP contribution in [0, 0.1) is 0 Å². The van der Waals surface area contributed by atoms with E-state index in [2.05, 4.69) is 47.2 Å². The van der Waals surface area contributed by atoms with Crippen molar-refractivity contribution in [2.75, 3.05) is 31.6 Å². The minimum absolute atomic E-state index is 0.542. The topological polar surface area (TPSA) is 28.5 Å². The molecule has 3 N–H and O–H groups in total. The summed E-state index contributed by atoms with van der Waals surface area (Å²) in [6.45, 7) is 4.57. The van der Waals surface area contributed by atoms with Crippen LogP contribution in [0.4, 0.5) is 0 Å². The quantitative estimate of drug-likeness (QED) is 0.518. The zero-order valence-electron chi connectivity index (χ0n) is 13.4. The Bertz CT molecular complexity index is 431. The van der Waals surface area contributed by atoms with Crippen molar-refractivity contribution in [2.45, 2.75) is 31.8 Å². The van der Waals surface area contributed by atoms with Crippen molar-refractivity contribution < 1.29 is 4.90 Å². The number of quaternary nitrogens is 1. The Hall–Kier alpha value is -0.780. The first-order chi connectivity index (χ1) is 10.8. The highest BCUT2D eigenvalue weighted by Gasteiger charge is 2.22. The second-order valence-corrected chi connectivity index (χ2v) is 7.33. The van der Waals surface area contributed by atoms with Crippen LogP contribution in [-0.4, -0.2) is 42.8 Å². The second kappa shape index (κ2) is 10.1. The third-order valence-corrected chi connectivity index (χ3v) is 5.09. The molecule has 22 heavy (non-hydrogen) atoms. The lowest BCUT2D eigenvalue weighted by atomic mass is 10.0. The number of rotatable bonds is 7. The first-order valence-electron chi connectivity index (χ1n) is 8.18. The van der Waals surface area contributed by atoms with Gasteiger partial charge in [-0.1, -0.05) is 30.3 Å². The standard InChI is InChI=1S/C17H27N3S2/c1-22-13-5-10-18-17(21)19-16-8-11-20(12-9-16)14-15-6-3-2-4-7-15/h2-4,6-7,16H,5,8-14H2,1H3,(H2,18,19,21)/p+1. The number of hydrogen-bond acceptors (Lipinski definition) is 2. The van der Waals surface area contributed by atoms with Crippen LogP contribution in [0.25, 0.3) is 0 Å². The normalized spacial score (nSPS) is 21.3. The molecule has 5 heteroatoms. The van der Waals surface area contributed by atoms with Crippen LogP contribution in [0.2, 0.25) is 0 Å². The van der Waals surface area contributed by atoms with Gasteiger partial charge in [0.2, 0.25) is 0 Å². The maximum atomic E-state index is 5.38. The molecule has 0 aromatic heterocycles. The largest absolute Gasteiger partial charge is 0.363 e. The lowest BCUT2D eigenvalue weighted by Gasteiger charge is -2.30. The molecule has 0 radical (unpaired) electrons. The van der Waals surface area contributed by atoms with E-state index in [1.165, 1.54) is 43.7 Å². The average Bonchev–Trinajstić information content (AvgIpc) is 2.54. The highest BCUT2D eigenvalue weighted by molar-refractivity contribution is 7.98. The van der Waals surface area contributed by atoms with Gasteiger partial charge in [0.05, 0.1) is 13.1 Å². The smallest absolute Gasteiger partial charge is 0.166 e. The molecule has 0 saturated carbocycles. The molecular weight excluding hydrogens is 310 g/mol. The summed E-state index contributed by atoms with van der Waals surface area (Å²) in [6, 6.07) is 11.3. The van der Waals surface area contributed by atoms with Crippen molar-refractivity contribution in [1.82, 2.24) is 10.6 Å². The number of thiocarbonyl (C=S) groups is 1. The van der Waals surface area contributed by atoms with Crippen LogP contribution in [0.5, 0.6) is 0 Å². The SMILES string of the molecule is CSCCCNC(=S)NC1CC[NH+](Cc2ccccc2)CC1. The van der Waals surface area contributed by atoms with E-state index in [9.17, 15) is 0 Å². The summed E-state index contributed by atoms with van der Waals surface area (Å²) >= 11 is 7.27. The number of likely N-dealkylation sites (tertiary alicyclic amines) is 1. The van der Waals surface area contributed by atoms with Crippen molar-refractivity contribution in [3.63, 3.8) is 0 Å². The van der Waals surface area contributed by atoms with Crippen LogP contribution in [0.15, 0.2) is 30.3 Å². The molecule has 1 saturated heterocycles. The first kappa shape index (κ1) is 17.6. The summed E-state index contributed by atoms with van der Waals surface area (Å²) in [5, 5.41) is 7.63. The number of piperidine rings is 1. The van der Waals surface area contributed by atoms with Gasteiger partial charge in [-0.15, -0.1) is 0 Å². The Labute approximate surface area is 144 Å². The molecule has 1 aromatic carbocycles. The van der Waals surface area contributed by atoms with Gasteiger partial charge in [0, 0.05) is 31.0 Å². The van der Waals surface area contributed by atoms with E-state index >= 15 is 0 Å². The highest BCUT2D eigenvalue weighted by Crippen LogP contribution is 2.02. The maximum Gasteiger partial charge on any atom is 0.166 e. The highest BCUT2D eigenvalue weighted by atomic mass is 32.2. The van der Waals surface area contributed by atoms with Gasteiger partial charge in [-0.3, -0.25) is 0 Å². The summed E-state index contributed by atoms with van der Waals surface area (Å²) in [7, 11) is 0. The van der Waals surface area contributed by atoms with E-state index in [1.54, 1.807) is 4.90 Å². The molecule has 1 aromatic rings. The molecule has 0 unspecified atom stereocenters. The van der Waals surface area contributed by atoms with Gasteiger partial charge in [-0.25, -0.2) is 0 Å². The molecular formula is C17H28N3S2+. The molecule has 0 amide bonds. The lowest BCUT2D eigenvalue weighted by Crippen LogP contribution is -3.12. The summed E-state index contributed by atoms with van der Waals surface area (Å²) in [4.78, 5) is 1.68. The zero-order chi connectivity index (χ0) is 15.6. The molecule has 1 fully saturated rings. The number of benzene rings is 1. The van der Waals surface area contributed by atoms with E-state index < -0.39 is 0 Å². The van der Waals surface area contributed by atoms with Gasteiger partial charge >= 0.3 is 0 Å². The molecule has 1 aliphatic rings. The van der Waals surface area contributed by atoms with Crippen LogP contribution >= 0.6 is 24.0 Å². The number of nitrogens with one attached hydrogen (secondary N) is 3. The van der Waals surface area contributed by atoms with E-state index in [-0.39, 0.29) is 0 Å². The summed E-state index contributed by atoms with van der Waals surface area (Å²) < 4.78 is 0. The Kier molecular flexibility index (Phi) is 8.05. The van der Waals surface area contributed by atoms with Gasteiger partial charge in [0.1, 0.15) is 6.54 Å². The molecule has 3 nitrogen and oxygen atoms in total. The first-order valence-corrected chi connectivity index (χ1v) is 9.99. The van der Waals surface area contributed by atoms with Gasteiger partial charge in [-0.2, -0.15) is 11.8 Å². The van der Waals surface area contributed by atoms with Crippen molar-refractivity contribution in [2.24, 2.45) is 0 Å². The predicted molar refractivity (Wildman–Crippen MR) is 101 cm³/mol. The van der Waals surface area contributed by atoms with Gasteiger partial charge in [0.15, 0.2) is 5.11 Å². The fourth-order valence-electron chi connectivity index (χ4n) is 2.89. The van der Waals surface area contributed by atoms with E-state index in [1.807, 2.05) is 11.8 Å². The molecule has 0 atom stereocenters. The molecule has 1 aliphatic heterocycles. The molecule has 2 rings (SSSR count). The van der Waals surface area contributed by atoms with Crippen LogP contribution < -0.4 is 15.5 Å². The average molecular weight is 339 g/mol. The fourth-order valence-corrected chi connectivity index (χ4v) is 3.59. The second-order valence-electron chi connectivity index (χ2n) is 5.93. The molecule has 1 heterocycles. The van der Waals surface area contributed by atoms with Crippen LogP contribution in [0.3, 0.4) is 0 Å². The molecule has 0 bridgehead atoms. The Morgan fingerprint density at radius 1 is 1.27 bits per heavy atom. The summed E-state index contributed by atoms with van der Waals surface area (Å²) in [6.07, 6.45) is 5.72.